The highest BCUT2D eigenvalue weighted by Crippen LogP contribution is 2.30. The monoisotopic (exact) mass is 395 g/mol. The third-order valence-corrected chi connectivity index (χ3v) is 5.69. The van der Waals surface area contributed by atoms with Crippen molar-refractivity contribution in [2.45, 2.75) is 38.0 Å². The number of nitrogens with zero attached hydrogens (tertiary/aromatic N) is 4. The number of rotatable bonds is 5. The largest absolute Gasteiger partial charge is 0.363 e. The minimum Gasteiger partial charge on any atom is -0.363 e. The predicted molar refractivity (Wildman–Crippen MR) is 102 cm³/mol. The number of anilines is 1. The van der Waals surface area contributed by atoms with Crippen LogP contribution in [0.5, 0.6) is 0 Å². The number of imide groups is 1. The molecule has 1 atom stereocenters. The van der Waals surface area contributed by atoms with E-state index in [1.54, 1.807) is 15.9 Å². The van der Waals surface area contributed by atoms with Gasteiger partial charge in [0.25, 0.3) is 5.91 Å². The first-order chi connectivity index (χ1) is 14.1. The summed E-state index contributed by atoms with van der Waals surface area (Å²) in [5.41, 5.74) is 2.37. The lowest BCUT2D eigenvalue weighted by molar-refractivity contribution is -0.136. The van der Waals surface area contributed by atoms with Crippen molar-refractivity contribution >= 4 is 23.5 Å². The van der Waals surface area contributed by atoms with Gasteiger partial charge in [-0.25, -0.2) is 0 Å². The molecule has 1 unspecified atom stereocenters. The number of fused-ring (bicyclic) bond motifs is 1. The lowest BCUT2D eigenvalue weighted by atomic mass is 10.0. The molecule has 0 radical (unpaired) electrons. The van der Waals surface area contributed by atoms with Crippen molar-refractivity contribution in [2.24, 2.45) is 0 Å². The van der Waals surface area contributed by atoms with Gasteiger partial charge in [-0.05, 0) is 17.5 Å². The van der Waals surface area contributed by atoms with Crippen LogP contribution in [0.25, 0.3) is 0 Å². The minimum atomic E-state index is -0.607. The lowest BCUT2D eigenvalue weighted by Gasteiger charge is -2.29. The summed E-state index contributed by atoms with van der Waals surface area (Å²) in [4.78, 5) is 40.0. The number of carbonyl (C=O) groups excluding carboxylic acids is 3. The van der Waals surface area contributed by atoms with Crippen LogP contribution in [0.2, 0.25) is 0 Å². The van der Waals surface area contributed by atoms with Crippen molar-refractivity contribution in [2.75, 3.05) is 18.4 Å². The van der Waals surface area contributed by atoms with Gasteiger partial charge in [0.05, 0.1) is 12.2 Å². The van der Waals surface area contributed by atoms with Gasteiger partial charge >= 0.3 is 0 Å². The Kier molecular flexibility index (Phi) is 4.27. The molecule has 1 aromatic carbocycles. The number of hydrogen-bond acceptors (Lipinski definition) is 7. The molecule has 2 fully saturated rings. The fourth-order valence-electron chi connectivity index (χ4n) is 3.99. The average molecular weight is 395 g/mol. The predicted octanol–water partition coefficient (Wildman–Crippen LogP) is -0.204. The summed E-state index contributed by atoms with van der Waals surface area (Å²) in [5, 5.41) is 17.5. The number of hydrogen-bond donors (Lipinski definition) is 3. The van der Waals surface area contributed by atoms with Crippen LogP contribution in [0.3, 0.4) is 0 Å². The first kappa shape index (κ1) is 17.8. The minimum absolute atomic E-state index is 0.170. The Labute approximate surface area is 166 Å². The summed E-state index contributed by atoms with van der Waals surface area (Å²) in [7, 11) is 0. The molecule has 3 aliphatic rings. The normalized spacial score (nSPS) is 21.7. The molecule has 2 aromatic rings. The van der Waals surface area contributed by atoms with E-state index in [4.69, 9.17) is 0 Å². The van der Waals surface area contributed by atoms with Crippen molar-refractivity contribution in [3.05, 3.63) is 41.1 Å². The first-order valence-corrected chi connectivity index (χ1v) is 9.72. The van der Waals surface area contributed by atoms with Crippen LogP contribution in [0.4, 0.5) is 5.82 Å². The Bertz CT molecular complexity index is 997. The van der Waals surface area contributed by atoms with Gasteiger partial charge in [0.1, 0.15) is 6.04 Å². The zero-order valence-electron chi connectivity index (χ0n) is 15.7. The molecular formula is C19H21N7O3. The highest BCUT2D eigenvalue weighted by atomic mass is 16.2. The molecule has 0 aliphatic carbocycles. The van der Waals surface area contributed by atoms with E-state index in [0.29, 0.717) is 30.9 Å². The van der Waals surface area contributed by atoms with E-state index in [0.717, 1.165) is 24.2 Å². The van der Waals surface area contributed by atoms with Crippen LogP contribution in [-0.4, -0.2) is 56.7 Å². The molecular weight excluding hydrogens is 374 g/mol. The summed E-state index contributed by atoms with van der Waals surface area (Å²) in [6.07, 6.45) is 2.28. The van der Waals surface area contributed by atoms with Crippen molar-refractivity contribution in [1.29, 1.82) is 0 Å². The first-order valence-electron chi connectivity index (χ1n) is 9.72. The zero-order chi connectivity index (χ0) is 20.0. The fourth-order valence-corrected chi connectivity index (χ4v) is 3.99. The number of amides is 3. The van der Waals surface area contributed by atoms with E-state index in [2.05, 4.69) is 26.1 Å². The van der Waals surface area contributed by atoms with Gasteiger partial charge in [-0.3, -0.25) is 19.7 Å². The van der Waals surface area contributed by atoms with Crippen LogP contribution in [0.15, 0.2) is 24.4 Å². The summed E-state index contributed by atoms with van der Waals surface area (Å²) in [6, 6.07) is 5.40. The highest BCUT2D eigenvalue weighted by Gasteiger charge is 2.39. The molecule has 0 spiro atoms. The molecule has 3 N–H and O–H groups in total. The van der Waals surface area contributed by atoms with E-state index >= 15 is 0 Å². The highest BCUT2D eigenvalue weighted by molar-refractivity contribution is 6.06. The van der Waals surface area contributed by atoms with Crippen LogP contribution in [0, 0.1) is 0 Å². The van der Waals surface area contributed by atoms with E-state index in [1.807, 2.05) is 18.2 Å². The van der Waals surface area contributed by atoms with Gasteiger partial charge in [0.15, 0.2) is 5.82 Å². The maximum atomic E-state index is 13.1. The van der Waals surface area contributed by atoms with Gasteiger partial charge in [0, 0.05) is 38.2 Å². The second-order valence-electron chi connectivity index (χ2n) is 7.57. The third-order valence-electron chi connectivity index (χ3n) is 5.69. The Morgan fingerprint density at radius 1 is 1.21 bits per heavy atom. The topological polar surface area (TPSA) is 121 Å². The maximum absolute atomic E-state index is 13.1. The molecule has 10 heteroatoms. The van der Waals surface area contributed by atoms with Gasteiger partial charge in [-0.1, -0.05) is 18.2 Å². The third kappa shape index (κ3) is 3.15. The number of aromatic nitrogens is 3. The van der Waals surface area contributed by atoms with Gasteiger partial charge in [-0.15, -0.1) is 5.10 Å². The van der Waals surface area contributed by atoms with E-state index in [9.17, 15) is 14.4 Å². The molecule has 4 heterocycles. The Morgan fingerprint density at radius 2 is 2.07 bits per heavy atom. The van der Waals surface area contributed by atoms with Crippen molar-refractivity contribution < 1.29 is 14.4 Å². The smallest absolute Gasteiger partial charge is 0.255 e. The molecule has 0 bridgehead atoms. The fraction of sp³-hybridized carbons (Fsp3) is 0.421. The zero-order valence-corrected chi connectivity index (χ0v) is 15.7. The van der Waals surface area contributed by atoms with E-state index in [1.165, 1.54) is 0 Å². The van der Waals surface area contributed by atoms with Gasteiger partial charge in [-0.2, -0.15) is 9.90 Å². The Morgan fingerprint density at radius 3 is 2.83 bits per heavy atom. The molecule has 10 nitrogen and oxygen atoms in total. The number of piperidine rings is 1. The van der Waals surface area contributed by atoms with E-state index < -0.39 is 11.9 Å². The Balaban J connectivity index is 1.31. The summed E-state index contributed by atoms with van der Waals surface area (Å²) in [5.74, 6) is -0.201. The van der Waals surface area contributed by atoms with Crippen molar-refractivity contribution in [3.63, 3.8) is 0 Å². The van der Waals surface area contributed by atoms with Crippen molar-refractivity contribution in [1.82, 2.24) is 30.5 Å². The summed E-state index contributed by atoms with van der Waals surface area (Å²) in [6.45, 7) is 2.54. The molecule has 3 aliphatic heterocycles. The molecule has 2 saturated heterocycles. The second-order valence-corrected chi connectivity index (χ2v) is 7.57. The van der Waals surface area contributed by atoms with Crippen LogP contribution in [0.1, 0.15) is 40.4 Å². The number of carbonyl (C=O) groups is 3. The molecule has 5 rings (SSSR count). The van der Waals surface area contributed by atoms with E-state index in [-0.39, 0.29) is 24.3 Å². The SMILES string of the molecule is O=C1CCC(N2Cc3cccc(CNc4cnn(C5CNC5)n4)c3C2=O)C(=O)N1. The van der Waals surface area contributed by atoms with Gasteiger partial charge < -0.3 is 15.5 Å². The molecule has 1 aromatic heterocycles. The van der Waals surface area contributed by atoms with Gasteiger partial charge in [0.2, 0.25) is 11.8 Å². The molecule has 3 amide bonds. The molecule has 29 heavy (non-hydrogen) atoms. The average Bonchev–Trinajstić information content (AvgIpc) is 3.24. The quantitative estimate of drug-likeness (QED) is 0.599. The van der Waals surface area contributed by atoms with Crippen LogP contribution in [-0.2, 0) is 22.7 Å². The van der Waals surface area contributed by atoms with Crippen LogP contribution < -0.4 is 16.0 Å². The molecule has 150 valence electrons. The lowest BCUT2D eigenvalue weighted by Crippen LogP contribution is -2.52. The van der Waals surface area contributed by atoms with Crippen LogP contribution >= 0.6 is 0 Å². The summed E-state index contributed by atoms with van der Waals surface area (Å²) < 4.78 is 0. The standard InChI is InChI=1S/C19H21N7O3/c27-16-5-4-14(18(28)23-16)25-10-12-3-1-2-11(17(12)19(25)29)6-21-15-9-22-26(24-15)13-7-20-8-13/h1-3,9,13-14,20H,4-8,10H2,(H,21,24)(H,23,27,28). The molecule has 0 saturated carbocycles. The van der Waals surface area contributed by atoms with Crippen molar-refractivity contribution in [3.8, 4) is 0 Å². The second kappa shape index (κ2) is 6.96. The summed E-state index contributed by atoms with van der Waals surface area (Å²) >= 11 is 0. The maximum Gasteiger partial charge on any atom is 0.255 e. The number of benzene rings is 1. The number of nitrogens with one attached hydrogen (secondary N) is 3. The Hall–Kier alpha value is -3.27.